The largest absolute Gasteiger partial charge is 0.426 e. The van der Waals surface area contributed by atoms with Gasteiger partial charge in [-0.2, -0.15) is 0 Å². The summed E-state index contributed by atoms with van der Waals surface area (Å²) in [7, 11) is 0. The van der Waals surface area contributed by atoms with Crippen LogP contribution in [0.15, 0.2) is 42.6 Å². The number of carbonyl (C=O) groups is 1. The molecule has 3 heteroatoms. The van der Waals surface area contributed by atoms with E-state index in [9.17, 15) is 4.79 Å². The third kappa shape index (κ3) is 6.42. The molecular formula is C26H35NO2. The van der Waals surface area contributed by atoms with E-state index in [1.54, 1.807) is 0 Å². The van der Waals surface area contributed by atoms with E-state index in [0.29, 0.717) is 5.75 Å². The quantitative estimate of drug-likeness (QED) is 0.262. The van der Waals surface area contributed by atoms with Crippen molar-refractivity contribution in [2.24, 2.45) is 11.8 Å². The first kappa shape index (κ1) is 21.5. The first-order valence-corrected chi connectivity index (χ1v) is 11.5. The molecule has 0 atom stereocenters. The average Bonchev–Trinajstić information content (AvgIpc) is 2.76. The summed E-state index contributed by atoms with van der Waals surface area (Å²) in [6, 6.07) is 12.0. The Labute approximate surface area is 175 Å². The molecule has 1 heterocycles. The lowest BCUT2D eigenvalue weighted by Crippen LogP contribution is -2.25. The number of ether oxygens (including phenoxy) is 1. The van der Waals surface area contributed by atoms with Crippen molar-refractivity contribution in [3.05, 3.63) is 48.2 Å². The van der Waals surface area contributed by atoms with Crippen LogP contribution in [0, 0.1) is 11.8 Å². The van der Waals surface area contributed by atoms with Gasteiger partial charge in [-0.1, -0.05) is 45.6 Å². The Morgan fingerprint density at radius 2 is 1.72 bits per heavy atom. The Kier molecular flexibility index (Phi) is 8.27. The molecule has 156 valence electrons. The van der Waals surface area contributed by atoms with Crippen LogP contribution in [0.1, 0.15) is 77.2 Å². The third-order valence-corrected chi connectivity index (χ3v) is 6.14. The van der Waals surface area contributed by atoms with Crippen LogP contribution in [0.25, 0.3) is 11.3 Å². The normalized spacial score (nSPS) is 19.1. The first-order valence-electron chi connectivity index (χ1n) is 11.5. The predicted molar refractivity (Wildman–Crippen MR) is 119 cm³/mol. The molecule has 1 aromatic heterocycles. The zero-order valence-electron chi connectivity index (χ0n) is 18.0. The van der Waals surface area contributed by atoms with E-state index < -0.39 is 0 Å². The van der Waals surface area contributed by atoms with E-state index in [1.807, 2.05) is 30.5 Å². The molecule has 1 aliphatic rings. The maximum Gasteiger partial charge on any atom is 0.314 e. The van der Waals surface area contributed by atoms with Crippen LogP contribution in [0.3, 0.4) is 0 Å². The Balaban J connectivity index is 1.51. The monoisotopic (exact) mass is 393 g/mol. The van der Waals surface area contributed by atoms with Crippen molar-refractivity contribution in [2.45, 2.75) is 78.1 Å². The summed E-state index contributed by atoms with van der Waals surface area (Å²) in [5.74, 6) is 1.42. The maximum atomic E-state index is 12.5. The molecule has 0 amide bonds. The Morgan fingerprint density at radius 1 is 0.966 bits per heavy atom. The van der Waals surface area contributed by atoms with Gasteiger partial charge < -0.3 is 4.74 Å². The van der Waals surface area contributed by atoms with Gasteiger partial charge >= 0.3 is 5.97 Å². The number of hydrogen-bond donors (Lipinski definition) is 0. The second kappa shape index (κ2) is 11.1. The highest BCUT2D eigenvalue weighted by molar-refractivity contribution is 5.75. The van der Waals surface area contributed by atoms with Gasteiger partial charge in [-0.05, 0) is 80.3 Å². The molecular weight excluding hydrogens is 358 g/mol. The van der Waals surface area contributed by atoms with Crippen LogP contribution in [-0.4, -0.2) is 11.0 Å². The summed E-state index contributed by atoms with van der Waals surface area (Å²) >= 11 is 0. The Hall–Kier alpha value is -2.16. The molecule has 0 unspecified atom stereocenters. The first-order chi connectivity index (χ1) is 14.2. The minimum absolute atomic E-state index is 0.0599. The van der Waals surface area contributed by atoms with Crippen molar-refractivity contribution < 1.29 is 9.53 Å². The molecule has 0 bridgehead atoms. The second-order valence-corrected chi connectivity index (χ2v) is 8.46. The number of hydrogen-bond acceptors (Lipinski definition) is 3. The number of benzene rings is 1. The van der Waals surface area contributed by atoms with Crippen LogP contribution < -0.4 is 4.74 Å². The minimum Gasteiger partial charge on any atom is -0.426 e. The fourth-order valence-electron chi connectivity index (χ4n) is 4.31. The lowest BCUT2D eigenvalue weighted by molar-refractivity contribution is -0.140. The highest BCUT2D eigenvalue weighted by Crippen LogP contribution is 2.32. The predicted octanol–water partition coefficient (Wildman–Crippen LogP) is 6.99. The van der Waals surface area contributed by atoms with Crippen molar-refractivity contribution in [1.29, 1.82) is 0 Å². The van der Waals surface area contributed by atoms with Gasteiger partial charge in [0, 0.05) is 11.8 Å². The van der Waals surface area contributed by atoms with Gasteiger partial charge in [0.15, 0.2) is 0 Å². The topological polar surface area (TPSA) is 39.2 Å². The van der Waals surface area contributed by atoms with Crippen molar-refractivity contribution in [3.8, 4) is 17.0 Å². The number of aryl methyl sites for hydroxylation is 1. The molecule has 1 fully saturated rings. The van der Waals surface area contributed by atoms with Crippen LogP contribution in [0.4, 0.5) is 0 Å². The van der Waals surface area contributed by atoms with E-state index in [0.717, 1.165) is 49.3 Å². The Bertz CT molecular complexity index is 743. The third-order valence-electron chi connectivity index (χ3n) is 6.14. The summed E-state index contributed by atoms with van der Waals surface area (Å²) in [4.78, 5) is 17.1. The molecule has 1 aromatic carbocycles. The van der Waals surface area contributed by atoms with E-state index in [4.69, 9.17) is 4.74 Å². The van der Waals surface area contributed by atoms with Crippen molar-refractivity contribution in [1.82, 2.24) is 4.98 Å². The molecule has 2 aromatic rings. The number of unbranched alkanes of at least 4 members (excludes halogenated alkanes) is 2. The fraction of sp³-hybridized carbons (Fsp3) is 0.538. The van der Waals surface area contributed by atoms with Crippen molar-refractivity contribution >= 4 is 5.97 Å². The lowest BCUT2D eigenvalue weighted by Gasteiger charge is -2.26. The number of aromatic nitrogens is 1. The Morgan fingerprint density at radius 3 is 2.34 bits per heavy atom. The SMILES string of the molecule is CCCCCc1ccc(-c2ccc(OC(=O)[C@H]3CC[C@H](CCC)CC3)cc2)nc1. The zero-order valence-corrected chi connectivity index (χ0v) is 18.0. The smallest absolute Gasteiger partial charge is 0.314 e. The standard InChI is InChI=1S/C26H35NO2/c1-3-5-6-8-21-11-18-25(27-19-21)22-14-16-24(17-15-22)29-26(28)23-12-9-20(7-4-2)10-13-23/h11,14-20,23H,3-10,12-13H2,1-2H3/t20-,23-. The molecule has 0 spiro atoms. The van der Waals surface area contributed by atoms with E-state index in [1.165, 1.54) is 37.7 Å². The molecule has 0 saturated heterocycles. The van der Waals surface area contributed by atoms with Gasteiger partial charge in [-0.15, -0.1) is 0 Å². The molecule has 29 heavy (non-hydrogen) atoms. The van der Waals surface area contributed by atoms with E-state index in [-0.39, 0.29) is 11.9 Å². The molecule has 0 N–H and O–H groups in total. The van der Waals surface area contributed by atoms with Gasteiger partial charge in [-0.3, -0.25) is 9.78 Å². The van der Waals surface area contributed by atoms with Crippen LogP contribution in [-0.2, 0) is 11.2 Å². The number of esters is 1. The molecule has 1 saturated carbocycles. The van der Waals surface area contributed by atoms with Gasteiger partial charge in [-0.25, -0.2) is 0 Å². The van der Waals surface area contributed by atoms with Crippen molar-refractivity contribution in [2.75, 3.05) is 0 Å². The van der Waals surface area contributed by atoms with Crippen LogP contribution in [0.2, 0.25) is 0 Å². The second-order valence-electron chi connectivity index (χ2n) is 8.46. The van der Waals surface area contributed by atoms with Gasteiger partial charge in [0.1, 0.15) is 5.75 Å². The molecule has 0 radical (unpaired) electrons. The molecule has 1 aliphatic carbocycles. The van der Waals surface area contributed by atoms with E-state index >= 15 is 0 Å². The molecule has 3 rings (SSSR count). The minimum atomic E-state index is -0.0674. The van der Waals surface area contributed by atoms with Crippen LogP contribution in [0.5, 0.6) is 5.75 Å². The van der Waals surface area contributed by atoms with Gasteiger partial charge in [0.2, 0.25) is 0 Å². The average molecular weight is 394 g/mol. The lowest BCUT2D eigenvalue weighted by atomic mass is 9.80. The van der Waals surface area contributed by atoms with Crippen LogP contribution >= 0.6 is 0 Å². The van der Waals surface area contributed by atoms with Gasteiger partial charge in [0.05, 0.1) is 11.6 Å². The summed E-state index contributed by atoms with van der Waals surface area (Å²) in [5.41, 5.74) is 3.29. The number of pyridine rings is 1. The van der Waals surface area contributed by atoms with Gasteiger partial charge in [0.25, 0.3) is 0 Å². The highest BCUT2D eigenvalue weighted by Gasteiger charge is 2.27. The van der Waals surface area contributed by atoms with Crippen molar-refractivity contribution in [3.63, 3.8) is 0 Å². The zero-order chi connectivity index (χ0) is 20.5. The molecule has 0 aliphatic heterocycles. The van der Waals surface area contributed by atoms with E-state index in [2.05, 4.69) is 31.0 Å². The molecule has 3 nitrogen and oxygen atoms in total. The number of nitrogens with zero attached hydrogens (tertiary/aromatic N) is 1. The maximum absolute atomic E-state index is 12.5. The summed E-state index contributed by atoms with van der Waals surface area (Å²) in [6.07, 6.45) is 13.6. The summed E-state index contributed by atoms with van der Waals surface area (Å²) in [6.45, 7) is 4.46. The highest BCUT2D eigenvalue weighted by atomic mass is 16.5. The number of carbonyl (C=O) groups excluding carboxylic acids is 1. The summed E-state index contributed by atoms with van der Waals surface area (Å²) < 4.78 is 5.65. The number of rotatable bonds is 9. The fourth-order valence-corrected chi connectivity index (χ4v) is 4.31. The summed E-state index contributed by atoms with van der Waals surface area (Å²) in [5, 5.41) is 0.